The Balaban J connectivity index is 2.10. The second-order valence-corrected chi connectivity index (χ2v) is 5.25. The average molecular weight is 344 g/mol. The number of benzene rings is 2. The van der Waals surface area contributed by atoms with Crippen molar-refractivity contribution < 1.29 is 28.5 Å². The predicted molar refractivity (Wildman–Crippen MR) is 91.9 cm³/mol. The number of ether oxygens (including phenoxy) is 4. The largest absolute Gasteiger partial charge is 0.497 e. The van der Waals surface area contributed by atoms with Crippen LogP contribution in [0.1, 0.15) is 26.3 Å². The first kappa shape index (κ1) is 18.3. The van der Waals surface area contributed by atoms with Gasteiger partial charge in [-0.3, -0.25) is 4.79 Å². The molecule has 25 heavy (non-hydrogen) atoms. The van der Waals surface area contributed by atoms with Crippen molar-refractivity contribution >= 4 is 11.8 Å². The molecule has 0 aliphatic heterocycles. The monoisotopic (exact) mass is 344 g/mol. The number of ketones is 1. The number of aryl methyl sites for hydroxylation is 1. The number of methoxy groups -OCH3 is 3. The molecule has 0 unspecified atom stereocenters. The van der Waals surface area contributed by atoms with E-state index in [1.807, 2.05) is 6.92 Å². The first-order valence-corrected chi connectivity index (χ1v) is 7.57. The van der Waals surface area contributed by atoms with Crippen molar-refractivity contribution in [3.8, 4) is 17.2 Å². The molecule has 0 aliphatic carbocycles. The summed E-state index contributed by atoms with van der Waals surface area (Å²) >= 11 is 0. The van der Waals surface area contributed by atoms with Crippen LogP contribution in [0.2, 0.25) is 0 Å². The van der Waals surface area contributed by atoms with Crippen LogP contribution in [-0.2, 0) is 4.74 Å². The Hall–Kier alpha value is -3.02. The van der Waals surface area contributed by atoms with E-state index in [2.05, 4.69) is 0 Å². The number of carbonyl (C=O) groups excluding carboxylic acids is 2. The molecule has 132 valence electrons. The van der Waals surface area contributed by atoms with E-state index in [1.165, 1.54) is 21.3 Å². The van der Waals surface area contributed by atoms with Gasteiger partial charge in [0.2, 0.25) is 5.78 Å². The van der Waals surface area contributed by atoms with E-state index in [4.69, 9.17) is 18.9 Å². The Morgan fingerprint density at radius 3 is 2.24 bits per heavy atom. The molecule has 0 aromatic heterocycles. The van der Waals surface area contributed by atoms with E-state index >= 15 is 0 Å². The van der Waals surface area contributed by atoms with Gasteiger partial charge in [-0.1, -0.05) is 6.07 Å². The van der Waals surface area contributed by atoms with Gasteiger partial charge < -0.3 is 18.9 Å². The lowest BCUT2D eigenvalue weighted by Crippen LogP contribution is -2.15. The molecule has 0 fully saturated rings. The zero-order valence-electron chi connectivity index (χ0n) is 14.6. The Bertz CT molecular complexity index is 781. The number of hydrogen-bond donors (Lipinski definition) is 0. The zero-order chi connectivity index (χ0) is 18.4. The van der Waals surface area contributed by atoms with Gasteiger partial charge in [0.1, 0.15) is 17.2 Å². The number of Topliss-reactive ketones (excluding diaryl/α,β-unsaturated/α-hetero) is 1. The molecule has 6 nitrogen and oxygen atoms in total. The van der Waals surface area contributed by atoms with Gasteiger partial charge in [0.25, 0.3) is 0 Å². The van der Waals surface area contributed by atoms with Crippen LogP contribution >= 0.6 is 0 Å². The fourth-order valence-corrected chi connectivity index (χ4v) is 2.27. The molecule has 0 N–H and O–H groups in total. The summed E-state index contributed by atoms with van der Waals surface area (Å²) in [4.78, 5) is 24.5. The highest BCUT2D eigenvalue weighted by Gasteiger charge is 2.17. The molecule has 0 saturated carbocycles. The Morgan fingerprint density at radius 2 is 1.60 bits per heavy atom. The maximum absolute atomic E-state index is 12.4. The highest BCUT2D eigenvalue weighted by atomic mass is 16.5. The van der Waals surface area contributed by atoms with E-state index in [0.29, 0.717) is 22.8 Å². The topological polar surface area (TPSA) is 71.1 Å². The third-order valence-corrected chi connectivity index (χ3v) is 3.69. The van der Waals surface area contributed by atoms with Crippen molar-refractivity contribution in [2.24, 2.45) is 0 Å². The van der Waals surface area contributed by atoms with E-state index in [1.54, 1.807) is 36.4 Å². The Morgan fingerprint density at radius 1 is 0.880 bits per heavy atom. The van der Waals surface area contributed by atoms with Crippen LogP contribution in [0.25, 0.3) is 0 Å². The van der Waals surface area contributed by atoms with Crippen molar-refractivity contribution in [1.29, 1.82) is 0 Å². The second kappa shape index (κ2) is 8.19. The molecule has 0 amide bonds. The lowest BCUT2D eigenvalue weighted by molar-refractivity contribution is 0.0473. The molecule has 2 aromatic rings. The van der Waals surface area contributed by atoms with Crippen LogP contribution < -0.4 is 14.2 Å². The van der Waals surface area contributed by atoms with Gasteiger partial charge in [-0.15, -0.1) is 0 Å². The highest BCUT2D eigenvalue weighted by molar-refractivity contribution is 6.01. The SMILES string of the molecule is COc1ccc(OC)c(C(=O)COC(=O)c2ccc(C)c(OC)c2)c1. The first-order chi connectivity index (χ1) is 12.0. The normalized spacial score (nSPS) is 10.1. The lowest BCUT2D eigenvalue weighted by atomic mass is 10.1. The maximum atomic E-state index is 12.4. The van der Waals surface area contributed by atoms with Crippen LogP contribution in [0.5, 0.6) is 17.2 Å². The van der Waals surface area contributed by atoms with Gasteiger partial charge >= 0.3 is 5.97 Å². The predicted octanol–water partition coefficient (Wildman–Crippen LogP) is 3.06. The van der Waals surface area contributed by atoms with Crippen LogP contribution in [0.3, 0.4) is 0 Å². The fourth-order valence-electron chi connectivity index (χ4n) is 2.27. The van der Waals surface area contributed by atoms with E-state index in [9.17, 15) is 9.59 Å². The highest BCUT2D eigenvalue weighted by Crippen LogP contribution is 2.25. The minimum atomic E-state index is -0.603. The quantitative estimate of drug-likeness (QED) is 0.568. The van der Waals surface area contributed by atoms with Crippen molar-refractivity contribution in [3.05, 3.63) is 53.1 Å². The van der Waals surface area contributed by atoms with E-state index in [-0.39, 0.29) is 11.3 Å². The summed E-state index contributed by atoms with van der Waals surface area (Å²) in [6, 6.07) is 9.80. The number of esters is 1. The molecule has 2 aromatic carbocycles. The summed E-state index contributed by atoms with van der Waals surface area (Å²) in [5.74, 6) is 0.490. The van der Waals surface area contributed by atoms with Gasteiger partial charge in [-0.05, 0) is 42.8 Å². The molecule has 0 radical (unpaired) electrons. The van der Waals surface area contributed by atoms with E-state index < -0.39 is 12.6 Å². The Labute approximate surface area is 146 Å². The average Bonchev–Trinajstić information content (AvgIpc) is 2.65. The molecule has 0 saturated heterocycles. The maximum Gasteiger partial charge on any atom is 0.338 e. The summed E-state index contributed by atoms with van der Waals surface area (Å²) < 4.78 is 20.6. The van der Waals surface area contributed by atoms with E-state index in [0.717, 1.165) is 5.56 Å². The van der Waals surface area contributed by atoms with Crippen LogP contribution in [0.4, 0.5) is 0 Å². The third-order valence-electron chi connectivity index (χ3n) is 3.69. The van der Waals surface area contributed by atoms with Gasteiger partial charge in [0, 0.05) is 0 Å². The number of hydrogen-bond acceptors (Lipinski definition) is 6. The van der Waals surface area contributed by atoms with Gasteiger partial charge in [0.05, 0.1) is 32.5 Å². The molecule has 0 heterocycles. The van der Waals surface area contributed by atoms with Gasteiger partial charge in [-0.25, -0.2) is 4.79 Å². The Kier molecular flexibility index (Phi) is 6.00. The van der Waals surface area contributed by atoms with Gasteiger partial charge in [0.15, 0.2) is 6.61 Å². The van der Waals surface area contributed by atoms with Crippen molar-refractivity contribution in [3.63, 3.8) is 0 Å². The number of rotatable bonds is 7. The third kappa shape index (κ3) is 4.29. The van der Waals surface area contributed by atoms with Crippen molar-refractivity contribution in [2.75, 3.05) is 27.9 Å². The molecular weight excluding hydrogens is 324 g/mol. The lowest BCUT2D eigenvalue weighted by Gasteiger charge is -2.11. The summed E-state index contributed by atoms with van der Waals surface area (Å²) in [5.41, 5.74) is 1.50. The van der Waals surface area contributed by atoms with Crippen LogP contribution in [-0.4, -0.2) is 39.7 Å². The molecular formula is C19H20O6. The van der Waals surface area contributed by atoms with Crippen LogP contribution in [0, 0.1) is 6.92 Å². The molecule has 0 spiro atoms. The number of carbonyl (C=O) groups is 2. The summed E-state index contributed by atoms with van der Waals surface area (Å²) in [6.45, 7) is 1.46. The smallest absolute Gasteiger partial charge is 0.338 e. The van der Waals surface area contributed by atoms with Gasteiger partial charge in [-0.2, -0.15) is 0 Å². The minimum absolute atomic E-state index is 0.288. The molecule has 2 rings (SSSR count). The minimum Gasteiger partial charge on any atom is -0.497 e. The first-order valence-electron chi connectivity index (χ1n) is 7.57. The summed E-state index contributed by atoms with van der Waals surface area (Å²) in [6.07, 6.45) is 0. The standard InChI is InChI=1S/C19H20O6/c1-12-5-6-13(9-18(12)24-4)19(21)25-11-16(20)15-10-14(22-2)7-8-17(15)23-3/h5-10H,11H2,1-4H3. The van der Waals surface area contributed by atoms with Crippen molar-refractivity contribution in [2.45, 2.75) is 6.92 Å². The molecule has 6 heteroatoms. The van der Waals surface area contributed by atoms with Crippen molar-refractivity contribution in [1.82, 2.24) is 0 Å². The molecule has 0 bridgehead atoms. The van der Waals surface area contributed by atoms with Crippen LogP contribution in [0.15, 0.2) is 36.4 Å². The molecule has 0 aliphatic rings. The molecule has 0 atom stereocenters. The summed E-state index contributed by atoms with van der Waals surface area (Å²) in [7, 11) is 4.49. The zero-order valence-corrected chi connectivity index (χ0v) is 14.6. The summed E-state index contributed by atoms with van der Waals surface area (Å²) in [5, 5.41) is 0. The fraction of sp³-hybridized carbons (Fsp3) is 0.263. The second-order valence-electron chi connectivity index (χ2n) is 5.25.